The highest BCUT2D eigenvalue weighted by Gasteiger charge is 2.10. The third-order valence-corrected chi connectivity index (χ3v) is 2.16. The summed E-state index contributed by atoms with van der Waals surface area (Å²) in [5, 5.41) is 2.58. The molecule has 0 atom stereocenters. The monoisotopic (exact) mass is 240 g/mol. The van der Waals surface area contributed by atoms with Gasteiger partial charge in [0.25, 0.3) is 5.91 Å². The molecule has 5 heteroatoms. The van der Waals surface area contributed by atoms with E-state index in [0.29, 0.717) is 26.3 Å². The van der Waals surface area contributed by atoms with Crippen molar-refractivity contribution in [2.75, 3.05) is 26.3 Å². The van der Waals surface area contributed by atoms with Gasteiger partial charge in [-0.2, -0.15) is 0 Å². The second kappa shape index (κ2) is 6.98. The molecule has 94 valence electrons. The predicted molar refractivity (Wildman–Crippen MR) is 63.3 cm³/mol. The summed E-state index contributed by atoms with van der Waals surface area (Å²) < 4.78 is 18.4. The standard InChI is InChI=1S/C12H17FN2O2/c1-9-2-3-11(13)10(8-9)12(16)15-5-7-17-6-4-14/h2-3,8H,4-7,14H2,1H3,(H,15,16). The Morgan fingerprint density at radius 2 is 2.24 bits per heavy atom. The van der Waals surface area contributed by atoms with Gasteiger partial charge in [-0.05, 0) is 19.1 Å². The van der Waals surface area contributed by atoms with Crippen molar-refractivity contribution >= 4 is 5.91 Å². The number of hydrogen-bond donors (Lipinski definition) is 2. The number of carbonyl (C=O) groups excluding carboxylic acids is 1. The van der Waals surface area contributed by atoms with E-state index in [-0.39, 0.29) is 5.56 Å². The number of benzene rings is 1. The van der Waals surface area contributed by atoms with Crippen LogP contribution in [0.25, 0.3) is 0 Å². The fraction of sp³-hybridized carbons (Fsp3) is 0.417. The number of nitrogens with one attached hydrogen (secondary N) is 1. The molecule has 0 aliphatic rings. The Hall–Kier alpha value is -1.46. The van der Waals surface area contributed by atoms with Crippen molar-refractivity contribution in [3.8, 4) is 0 Å². The molecule has 0 radical (unpaired) electrons. The van der Waals surface area contributed by atoms with Gasteiger partial charge in [0.2, 0.25) is 0 Å². The molecule has 0 fully saturated rings. The van der Waals surface area contributed by atoms with E-state index >= 15 is 0 Å². The maximum absolute atomic E-state index is 13.3. The van der Waals surface area contributed by atoms with E-state index in [9.17, 15) is 9.18 Å². The summed E-state index contributed by atoms with van der Waals surface area (Å²) in [6, 6.07) is 4.43. The van der Waals surface area contributed by atoms with Gasteiger partial charge in [0, 0.05) is 13.1 Å². The molecule has 0 aliphatic carbocycles. The van der Waals surface area contributed by atoms with Crippen LogP contribution in [0.2, 0.25) is 0 Å². The minimum atomic E-state index is -0.518. The highest BCUT2D eigenvalue weighted by atomic mass is 19.1. The molecule has 0 saturated carbocycles. The van der Waals surface area contributed by atoms with Crippen molar-refractivity contribution in [3.63, 3.8) is 0 Å². The van der Waals surface area contributed by atoms with Crippen molar-refractivity contribution in [1.29, 1.82) is 0 Å². The van der Waals surface area contributed by atoms with Gasteiger partial charge < -0.3 is 15.8 Å². The van der Waals surface area contributed by atoms with E-state index in [2.05, 4.69) is 5.32 Å². The molecule has 0 unspecified atom stereocenters. The van der Waals surface area contributed by atoms with Crippen molar-refractivity contribution in [3.05, 3.63) is 35.1 Å². The minimum Gasteiger partial charge on any atom is -0.378 e. The fourth-order valence-electron chi connectivity index (χ4n) is 1.33. The van der Waals surface area contributed by atoms with Gasteiger partial charge in [0.05, 0.1) is 18.8 Å². The second-order valence-corrected chi connectivity index (χ2v) is 3.64. The summed E-state index contributed by atoms with van der Waals surface area (Å²) in [5.74, 6) is -0.946. The van der Waals surface area contributed by atoms with Gasteiger partial charge in [0.1, 0.15) is 5.82 Å². The Balaban J connectivity index is 2.44. The number of halogens is 1. The fourth-order valence-corrected chi connectivity index (χ4v) is 1.33. The third kappa shape index (κ3) is 4.50. The van der Waals surface area contributed by atoms with Gasteiger partial charge in [0.15, 0.2) is 0 Å². The summed E-state index contributed by atoms with van der Waals surface area (Å²) in [4.78, 5) is 11.6. The second-order valence-electron chi connectivity index (χ2n) is 3.64. The molecule has 0 spiro atoms. The van der Waals surface area contributed by atoms with Crippen LogP contribution in [-0.2, 0) is 4.74 Å². The molecule has 4 nitrogen and oxygen atoms in total. The molecule has 1 aromatic rings. The Labute approximate surface area is 100.0 Å². The maximum atomic E-state index is 13.3. The number of nitrogens with two attached hydrogens (primary N) is 1. The Kier molecular flexibility index (Phi) is 5.59. The molecule has 1 rings (SSSR count). The summed E-state index contributed by atoms with van der Waals surface area (Å²) in [5.41, 5.74) is 6.14. The van der Waals surface area contributed by atoms with Crippen LogP contribution in [0, 0.1) is 12.7 Å². The Morgan fingerprint density at radius 3 is 2.94 bits per heavy atom. The molecule has 1 aromatic carbocycles. The number of amides is 1. The van der Waals surface area contributed by atoms with Crippen molar-refractivity contribution in [1.82, 2.24) is 5.32 Å². The first-order chi connectivity index (χ1) is 8.15. The van der Waals surface area contributed by atoms with Crippen LogP contribution in [0.1, 0.15) is 15.9 Å². The average Bonchev–Trinajstić information content (AvgIpc) is 2.32. The molecular weight excluding hydrogens is 223 g/mol. The highest BCUT2D eigenvalue weighted by Crippen LogP contribution is 2.09. The van der Waals surface area contributed by atoms with Crippen molar-refractivity contribution in [2.45, 2.75) is 6.92 Å². The Bertz CT molecular complexity index is 383. The van der Waals surface area contributed by atoms with Gasteiger partial charge in [-0.1, -0.05) is 11.6 Å². The molecule has 0 aliphatic heterocycles. The van der Waals surface area contributed by atoms with Crippen LogP contribution < -0.4 is 11.1 Å². The van der Waals surface area contributed by atoms with Crippen molar-refractivity contribution < 1.29 is 13.9 Å². The SMILES string of the molecule is Cc1ccc(F)c(C(=O)NCCOCCN)c1. The zero-order chi connectivity index (χ0) is 12.7. The predicted octanol–water partition coefficient (Wildman–Crippen LogP) is 0.839. The van der Waals surface area contributed by atoms with E-state index in [4.69, 9.17) is 10.5 Å². The zero-order valence-electron chi connectivity index (χ0n) is 9.83. The van der Waals surface area contributed by atoms with Crippen LogP contribution in [0.3, 0.4) is 0 Å². The van der Waals surface area contributed by atoms with Crippen LogP contribution in [0.4, 0.5) is 4.39 Å². The molecule has 0 heterocycles. The van der Waals surface area contributed by atoms with Crippen molar-refractivity contribution in [2.24, 2.45) is 5.73 Å². The zero-order valence-corrected chi connectivity index (χ0v) is 9.83. The van der Waals surface area contributed by atoms with E-state index in [1.54, 1.807) is 13.0 Å². The molecule has 17 heavy (non-hydrogen) atoms. The lowest BCUT2D eigenvalue weighted by Crippen LogP contribution is -2.28. The van der Waals surface area contributed by atoms with E-state index in [1.165, 1.54) is 12.1 Å². The number of aryl methyl sites for hydroxylation is 1. The average molecular weight is 240 g/mol. The van der Waals surface area contributed by atoms with Gasteiger partial charge in [-0.15, -0.1) is 0 Å². The third-order valence-electron chi connectivity index (χ3n) is 2.16. The minimum absolute atomic E-state index is 0.0591. The molecule has 0 saturated heterocycles. The molecular formula is C12H17FN2O2. The number of carbonyl (C=O) groups is 1. The smallest absolute Gasteiger partial charge is 0.254 e. The van der Waals surface area contributed by atoms with Crippen LogP contribution >= 0.6 is 0 Å². The lowest BCUT2D eigenvalue weighted by atomic mass is 10.1. The topological polar surface area (TPSA) is 64.3 Å². The normalized spacial score (nSPS) is 10.3. The number of hydrogen-bond acceptors (Lipinski definition) is 3. The van der Waals surface area contributed by atoms with Crippen LogP contribution in [-0.4, -0.2) is 32.2 Å². The first-order valence-corrected chi connectivity index (χ1v) is 5.47. The lowest BCUT2D eigenvalue weighted by molar-refractivity contribution is 0.0916. The molecule has 3 N–H and O–H groups in total. The first-order valence-electron chi connectivity index (χ1n) is 5.47. The quantitative estimate of drug-likeness (QED) is 0.724. The largest absolute Gasteiger partial charge is 0.378 e. The van der Waals surface area contributed by atoms with Gasteiger partial charge >= 0.3 is 0 Å². The molecule has 1 amide bonds. The number of ether oxygens (including phenoxy) is 1. The Morgan fingerprint density at radius 1 is 1.47 bits per heavy atom. The van der Waals surface area contributed by atoms with Crippen LogP contribution in [0.5, 0.6) is 0 Å². The van der Waals surface area contributed by atoms with E-state index in [1.807, 2.05) is 0 Å². The summed E-state index contributed by atoms with van der Waals surface area (Å²) in [7, 11) is 0. The maximum Gasteiger partial charge on any atom is 0.254 e. The lowest BCUT2D eigenvalue weighted by Gasteiger charge is -2.07. The molecule has 0 aromatic heterocycles. The van der Waals surface area contributed by atoms with E-state index < -0.39 is 11.7 Å². The summed E-state index contributed by atoms with van der Waals surface area (Å²) >= 11 is 0. The highest BCUT2D eigenvalue weighted by molar-refractivity contribution is 5.94. The van der Waals surface area contributed by atoms with Gasteiger partial charge in [-0.25, -0.2) is 4.39 Å². The summed E-state index contributed by atoms with van der Waals surface area (Å²) in [6.07, 6.45) is 0. The first kappa shape index (κ1) is 13.6. The molecule has 0 bridgehead atoms. The number of rotatable bonds is 6. The van der Waals surface area contributed by atoms with Gasteiger partial charge in [-0.3, -0.25) is 4.79 Å². The van der Waals surface area contributed by atoms with E-state index in [0.717, 1.165) is 5.56 Å². The van der Waals surface area contributed by atoms with Crippen LogP contribution in [0.15, 0.2) is 18.2 Å². The summed E-state index contributed by atoms with van der Waals surface area (Å²) in [6.45, 7) is 3.41.